The Hall–Kier alpha value is -3.41. The highest BCUT2D eigenvalue weighted by molar-refractivity contribution is 6.11. The zero-order valence-electron chi connectivity index (χ0n) is 14.1. The number of benzene rings is 2. The number of para-hydroxylation sites is 2. The third kappa shape index (κ3) is 1.95. The first-order valence-electron chi connectivity index (χ1n) is 8.55. The fraction of sp³-hybridized carbons (Fsp3) is 0.150. The van der Waals surface area contributed by atoms with Crippen LogP contribution in [0.1, 0.15) is 22.8 Å². The number of aromatic amines is 1. The van der Waals surface area contributed by atoms with E-state index in [4.69, 9.17) is 0 Å². The van der Waals surface area contributed by atoms with Crippen molar-refractivity contribution in [3.8, 4) is 0 Å². The summed E-state index contributed by atoms with van der Waals surface area (Å²) >= 11 is 0. The zero-order chi connectivity index (χ0) is 17.8. The molecule has 1 unspecified atom stereocenters. The average Bonchev–Trinajstić information content (AvgIpc) is 3.22. The highest BCUT2D eigenvalue weighted by Gasteiger charge is 2.33. The molecule has 1 aliphatic rings. The first-order chi connectivity index (χ1) is 12.6. The summed E-state index contributed by atoms with van der Waals surface area (Å²) in [4.78, 5) is 30.3. The Morgan fingerprint density at radius 3 is 2.81 bits per heavy atom. The van der Waals surface area contributed by atoms with Crippen LogP contribution in [-0.4, -0.2) is 26.5 Å². The van der Waals surface area contributed by atoms with E-state index in [0.29, 0.717) is 22.1 Å². The van der Waals surface area contributed by atoms with Gasteiger partial charge >= 0.3 is 0 Å². The van der Waals surface area contributed by atoms with Crippen molar-refractivity contribution in [2.24, 2.45) is 0 Å². The van der Waals surface area contributed by atoms with E-state index >= 15 is 0 Å². The zero-order valence-corrected chi connectivity index (χ0v) is 14.1. The van der Waals surface area contributed by atoms with E-state index in [9.17, 15) is 9.59 Å². The second-order valence-electron chi connectivity index (χ2n) is 6.65. The van der Waals surface area contributed by atoms with Gasteiger partial charge in [0.05, 0.1) is 17.1 Å². The molecule has 3 heterocycles. The number of nitrogens with one attached hydrogen (secondary N) is 1. The van der Waals surface area contributed by atoms with Crippen LogP contribution in [0.3, 0.4) is 0 Å². The number of hydrogen-bond donors (Lipinski definition) is 1. The lowest BCUT2D eigenvalue weighted by Gasteiger charge is -2.22. The maximum atomic E-state index is 13.3. The Morgan fingerprint density at radius 1 is 1.15 bits per heavy atom. The van der Waals surface area contributed by atoms with Crippen molar-refractivity contribution in [3.63, 3.8) is 0 Å². The van der Waals surface area contributed by atoms with Crippen molar-refractivity contribution >= 4 is 28.1 Å². The van der Waals surface area contributed by atoms with Gasteiger partial charge in [-0.2, -0.15) is 5.10 Å². The maximum Gasteiger partial charge on any atom is 0.263 e. The van der Waals surface area contributed by atoms with Crippen LogP contribution in [0.5, 0.6) is 0 Å². The summed E-state index contributed by atoms with van der Waals surface area (Å²) in [5.41, 5.74) is 3.36. The van der Waals surface area contributed by atoms with Crippen molar-refractivity contribution in [1.82, 2.24) is 14.6 Å². The van der Waals surface area contributed by atoms with Crippen LogP contribution >= 0.6 is 0 Å². The number of fused-ring (bicyclic) bond motifs is 4. The quantitative estimate of drug-likeness (QED) is 0.577. The molecule has 6 nitrogen and oxygen atoms in total. The summed E-state index contributed by atoms with van der Waals surface area (Å²) in [6.45, 7) is 2.03. The van der Waals surface area contributed by atoms with Crippen molar-refractivity contribution in [1.29, 1.82) is 0 Å². The average molecular weight is 344 g/mol. The van der Waals surface area contributed by atoms with E-state index in [0.717, 1.165) is 17.7 Å². The van der Waals surface area contributed by atoms with Gasteiger partial charge in [0.2, 0.25) is 0 Å². The minimum Gasteiger partial charge on any atom is -0.306 e. The molecular formula is C20H16N4O2. The number of carbonyl (C=O) groups is 1. The van der Waals surface area contributed by atoms with Gasteiger partial charge in [-0.15, -0.1) is 0 Å². The molecule has 4 aromatic rings. The lowest BCUT2D eigenvalue weighted by Crippen LogP contribution is -2.35. The molecule has 0 saturated heterocycles. The number of nitrogens with zero attached hydrogens (tertiary/aromatic N) is 3. The summed E-state index contributed by atoms with van der Waals surface area (Å²) in [7, 11) is 0. The van der Waals surface area contributed by atoms with Crippen LogP contribution in [0.4, 0.5) is 5.69 Å². The Labute approximate surface area is 148 Å². The van der Waals surface area contributed by atoms with Gasteiger partial charge in [0.1, 0.15) is 11.2 Å². The number of amides is 1. The normalized spacial score (nSPS) is 16.3. The topological polar surface area (TPSA) is 70.5 Å². The van der Waals surface area contributed by atoms with Gasteiger partial charge in [0.25, 0.3) is 11.5 Å². The van der Waals surface area contributed by atoms with Gasteiger partial charge in [-0.3, -0.25) is 9.59 Å². The van der Waals surface area contributed by atoms with E-state index in [1.54, 1.807) is 15.5 Å². The number of carbonyl (C=O) groups excluding carboxylic acids is 1. The third-order valence-electron chi connectivity index (χ3n) is 5.03. The second-order valence-corrected chi connectivity index (χ2v) is 6.65. The van der Waals surface area contributed by atoms with E-state index in [1.165, 1.54) is 6.20 Å². The number of rotatable bonds is 1. The molecule has 1 amide bonds. The Morgan fingerprint density at radius 2 is 1.92 bits per heavy atom. The molecule has 0 saturated carbocycles. The predicted octanol–water partition coefficient (Wildman–Crippen LogP) is 2.77. The van der Waals surface area contributed by atoms with Gasteiger partial charge in [-0.25, -0.2) is 4.52 Å². The van der Waals surface area contributed by atoms with Crippen LogP contribution in [0.25, 0.3) is 16.6 Å². The van der Waals surface area contributed by atoms with Gasteiger partial charge in [0.15, 0.2) is 0 Å². The molecule has 0 fully saturated rings. The van der Waals surface area contributed by atoms with Crippen LogP contribution in [0.2, 0.25) is 0 Å². The Balaban J connectivity index is 1.71. The molecule has 128 valence electrons. The van der Waals surface area contributed by atoms with E-state index < -0.39 is 0 Å². The molecule has 5 rings (SSSR count). The SMILES string of the molecule is CC1Cc2ccccc2N1C(=O)c1cnn2c1[nH]c(=O)c1ccccc12. The van der Waals surface area contributed by atoms with Gasteiger partial charge < -0.3 is 9.88 Å². The van der Waals surface area contributed by atoms with Gasteiger partial charge in [0, 0.05) is 11.7 Å². The van der Waals surface area contributed by atoms with Crippen LogP contribution < -0.4 is 10.5 Å². The molecule has 0 bridgehead atoms. The van der Waals surface area contributed by atoms with Gasteiger partial charge in [-0.05, 0) is 37.1 Å². The first-order valence-corrected chi connectivity index (χ1v) is 8.55. The minimum atomic E-state index is -0.225. The van der Waals surface area contributed by atoms with Crippen molar-refractivity contribution < 1.29 is 4.79 Å². The lowest BCUT2D eigenvalue weighted by molar-refractivity contribution is 0.0983. The molecule has 1 aliphatic heterocycles. The van der Waals surface area contributed by atoms with Crippen LogP contribution in [-0.2, 0) is 6.42 Å². The van der Waals surface area contributed by atoms with Crippen molar-refractivity contribution in [3.05, 3.63) is 76.2 Å². The summed E-state index contributed by atoms with van der Waals surface area (Å²) < 4.78 is 1.62. The van der Waals surface area contributed by atoms with Crippen LogP contribution in [0, 0.1) is 0 Å². The highest BCUT2D eigenvalue weighted by Crippen LogP contribution is 2.33. The molecule has 0 radical (unpaired) electrons. The molecule has 0 aliphatic carbocycles. The molecule has 2 aromatic heterocycles. The minimum absolute atomic E-state index is 0.0574. The first kappa shape index (κ1) is 14.9. The van der Waals surface area contributed by atoms with Gasteiger partial charge in [-0.1, -0.05) is 30.3 Å². The molecule has 1 atom stereocenters. The molecule has 1 N–H and O–H groups in total. The van der Waals surface area contributed by atoms with Crippen LogP contribution in [0.15, 0.2) is 59.5 Å². The lowest BCUT2D eigenvalue weighted by atomic mass is 10.1. The fourth-order valence-electron chi connectivity index (χ4n) is 3.84. The number of hydrogen-bond acceptors (Lipinski definition) is 3. The fourth-order valence-corrected chi connectivity index (χ4v) is 3.84. The molecule has 6 heteroatoms. The summed E-state index contributed by atoms with van der Waals surface area (Å²) in [6.07, 6.45) is 2.36. The Bertz CT molecular complexity index is 1240. The smallest absolute Gasteiger partial charge is 0.263 e. The standard InChI is InChI=1S/C20H16N4O2/c1-12-10-13-6-2-4-8-16(13)23(12)20(26)15-11-21-24-17-9-5-3-7-14(17)19(25)22-18(15)24/h2-9,11-12H,10H2,1H3,(H,22,25). The van der Waals surface area contributed by atoms with Crippen molar-refractivity contribution in [2.45, 2.75) is 19.4 Å². The molecule has 26 heavy (non-hydrogen) atoms. The largest absolute Gasteiger partial charge is 0.306 e. The molecule has 0 spiro atoms. The summed E-state index contributed by atoms with van der Waals surface area (Å²) in [5.74, 6) is -0.150. The second kappa shape index (κ2) is 5.29. The monoisotopic (exact) mass is 344 g/mol. The highest BCUT2D eigenvalue weighted by atomic mass is 16.2. The maximum absolute atomic E-state index is 13.3. The summed E-state index contributed by atoms with van der Waals surface area (Å²) in [5, 5.41) is 4.90. The van der Waals surface area contributed by atoms with E-state index in [1.807, 2.05) is 49.4 Å². The molecule has 2 aromatic carbocycles. The number of anilines is 1. The summed E-state index contributed by atoms with van der Waals surface area (Å²) in [6, 6.07) is 15.2. The number of aromatic nitrogens is 3. The number of H-pyrrole nitrogens is 1. The predicted molar refractivity (Wildman–Crippen MR) is 99.7 cm³/mol. The Kier molecular flexibility index (Phi) is 3.03. The van der Waals surface area contributed by atoms with E-state index in [2.05, 4.69) is 10.1 Å². The van der Waals surface area contributed by atoms with E-state index in [-0.39, 0.29) is 17.5 Å². The third-order valence-corrected chi connectivity index (χ3v) is 5.03. The molecular weight excluding hydrogens is 328 g/mol. The van der Waals surface area contributed by atoms with Crippen molar-refractivity contribution in [2.75, 3.05) is 4.90 Å².